The third-order valence-electron chi connectivity index (χ3n) is 4.33. The Bertz CT molecular complexity index is 885. The lowest BCUT2D eigenvalue weighted by atomic mass is 10.0. The zero-order valence-corrected chi connectivity index (χ0v) is 14.3. The molecule has 0 saturated carbocycles. The Morgan fingerprint density at radius 1 is 1.08 bits per heavy atom. The summed E-state index contributed by atoms with van der Waals surface area (Å²) in [4.78, 5) is 14.1. The van der Waals surface area contributed by atoms with Crippen LogP contribution in [0, 0.1) is 19.7 Å². The van der Waals surface area contributed by atoms with Gasteiger partial charge in [-0.3, -0.25) is 4.79 Å². The summed E-state index contributed by atoms with van der Waals surface area (Å²) in [5.41, 5.74) is 2.55. The number of likely N-dealkylation sites (tertiary alicyclic amines) is 1. The van der Waals surface area contributed by atoms with Gasteiger partial charge in [-0.2, -0.15) is 0 Å². The van der Waals surface area contributed by atoms with Crippen molar-refractivity contribution in [3.05, 3.63) is 65.0 Å². The Morgan fingerprint density at radius 2 is 1.71 bits per heavy atom. The molecule has 2 aromatic carbocycles. The fourth-order valence-electron chi connectivity index (χ4n) is 2.84. The number of amides is 1. The summed E-state index contributed by atoms with van der Waals surface area (Å²) < 4.78 is 37.9. The molecule has 3 rings (SSSR count). The molecule has 4 nitrogen and oxygen atoms in total. The summed E-state index contributed by atoms with van der Waals surface area (Å²) in [6.07, 6.45) is 0. The Labute approximate surface area is 140 Å². The van der Waals surface area contributed by atoms with E-state index in [1.54, 1.807) is 6.07 Å². The van der Waals surface area contributed by atoms with Crippen molar-refractivity contribution in [3.63, 3.8) is 0 Å². The van der Waals surface area contributed by atoms with Crippen LogP contribution >= 0.6 is 0 Å². The van der Waals surface area contributed by atoms with Crippen molar-refractivity contribution in [3.8, 4) is 0 Å². The van der Waals surface area contributed by atoms with Crippen LogP contribution in [0.2, 0.25) is 0 Å². The zero-order valence-electron chi connectivity index (χ0n) is 13.5. The topological polar surface area (TPSA) is 54.5 Å². The molecule has 1 aliphatic rings. The van der Waals surface area contributed by atoms with Gasteiger partial charge in [-0.15, -0.1) is 0 Å². The van der Waals surface area contributed by atoms with E-state index in [9.17, 15) is 17.6 Å². The van der Waals surface area contributed by atoms with Crippen molar-refractivity contribution in [2.75, 3.05) is 13.1 Å². The highest BCUT2D eigenvalue weighted by molar-refractivity contribution is 7.92. The summed E-state index contributed by atoms with van der Waals surface area (Å²) in [6.45, 7) is 4.14. The van der Waals surface area contributed by atoms with Crippen LogP contribution in [0.15, 0.2) is 47.4 Å². The maximum atomic E-state index is 12.9. The minimum atomic E-state index is -3.55. The number of hydrogen-bond donors (Lipinski definition) is 0. The van der Waals surface area contributed by atoms with Crippen LogP contribution < -0.4 is 0 Å². The summed E-state index contributed by atoms with van der Waals surface area (Å²) in [5, 5.41) is -0.641. The first-order valence-electron chi connectivity index (χ1n) is 7.65. The van der Waals surface area contributed by atoms with E-state index in [-0.39, 0.29) is 23.9 Å². The third kappa shape index (κ3) is 2.94. The molecule has 0 bridgehead atoms. The van der Waals surface area contributed by atoms with Gasteiger partial charge in [-0.25, -0.2) is 12.8 Å². The minimum absolute atomic E-state index is 0.0903. The summed E-state index contributed by atoms with van der Waals surface area (Å²) in [5.74, 6) is -0.632. The number of carbonyl (C=O) groups excluding carboxylic acids is 1. The van der Waals surface area contributed by atoms with Crippen LogP contribution in [0.25, 0.3) is 0 Å². The summed E-state index contributed by atoms with van der Waals surface area (Å²) >= 11 is 0. The van der Waals surface area contributed by atoms with Gasteiger partial charge in [0, 0.05) is 18.7 Å². The average Bonchev–Trinajstić information content (AvgIpc) is 2.45. The third-order valence-corrected chi connectivity index (χ3v) is 6.43. The van der Waals surface area contributed by atoms with Crippen molar-refractivity contribution >= 4 is 15.7 Å². The summed E-state index contributed by atoms with van der Waals surface area (Å²) in [7, 11) is -3.55. The molecule has 1 saturated heterocycles. The predicted molar refractivity (Wildman–Crippen MR) is 89.2 cm³/mol. The van der Waals surface area contributed by atoms with Crippen molar-refractivity contribution < 1.29 is 17.6 Å². The quantitative estimate of drug-likeness (QED) is 0.802. The minimum Gasteiger partial charge on any atom is -0.336 e. The van der Waals surface area contributed by atoms with Gasteiger partial charge in [0.15, 0.2) is 9.84 Å². The SMILES string of the molecule is Cc1ccc(C(=O)N2CC(S(=O)(=O)c3ccc(F)cc3)C2)c(C)c1. The lowest BCUT2D eigenvalue weighted by Crippen LogP contribution is -2.56. The number of hydrogen-bond acceptors (Lipinski definition) is 3. The van der Waals surface area contributed by atoms with Gasteiger partial charge in [0.2, 0.25) is 0 Å². The zero-order chi connectivity index (χ0) is 17.5. The van der Waals surface area contributed by atoms with Crippen molar-refractivity contribution in [2.24, 2.45) is 0 Å². The van der Waals surface area contributed by atoms with Gasteiger partial charge in [-0.05, 0) is 49.7 Å². The molecule has 0 N–H and O–H groups in total. The van der Waals surface area contributed by atoms with Crippen LogP contribution in [-0.2, 0) is 9.84 Å². The molecule has 6 heteroatoms. The maximum absolute atomic E-state index is 12.9. The lowest BCUT2D eigenvalue weighted by Gasteiger charge is -2.38. The molecule has 0 radical (unpaired) electrons. The van der Waals surface area contributed by atoms with E-state index in [0.717, 1.165) is 23.3 Å². The Hall–Kier alpha value is -2.21. The highest BCUT2D eigenvalue weighted by Gasteiger charge is 2.40. The second-order valence-corrected chi connectivity index (χ2v) is 8.38. The second kappa shape index (κ2) is 6.02. The van der Waals surface area contributed by atoms with Crippen molar-refractivity contribution in [2.45, 2.75) is 24.0 Å². The number of rotatable bonds is 3. The Kier molecular flexibility index (Phi) is 4.17. The van der Waals surface area contributed by atoms with Gasteiger partial charge in [0.25, 0.3) is 5.91 Å². The average molecular weight is 347 g/mol. The molecule has 0 aromatic heterocycles. The molecule has 1 fully saturated rings. The largest absolute Gasteiger partial charge is 0.336 e. The van der Waals surface area contributed by atoms with Crippen LogP contribution in [-0.4, -0.2) is 37.6 Å². The molecular formula is C18H18FNO3S. The van der Waals surface area contributed by atoms with Gasteiger partial charge in [0.05, 0.1) is 4.90 Å². The molecule has 0 atom stereocenters. The molecule has 1 heterocycles. The number of benzene rings is 2. The maximum Gasteiger partial charge on any atom is 0.254 e. The number of aryl methyl sites for hydroxylation is 2. The first kappa shape index (κ1) is 16.6. The smallest absolute Gasteiger partial charge is 0.254 e. The fourth-order valence-corrected chi connectivity index (χ4v) is 4.49. The van der Waals surface area contributed by atoms with Crippen molar-refractivity contribution in [1.29, 1.82) is 0 Å². The van der Waals surface area contributed by atoms with E-state index in [0.29, 0.717) is 5.56 Å². The molecule has 0 unspecified atom stereocenters. The van der Waals surface area contributed by atoms with Crippen molar-refractivity contribution in [1.82, 2.24) is 4.90 Å². The summed E-state index contributed by atoms with van der Waals surface area (Å²) in [6, 6.07) is 10.4. The van der Waals surface area contributed by atoms with Gasteiger partial charge in [-0.1, -0.05) is 17.7 Å². The molecule has 1 amide bonds. The molecule has 24 heavy (non-hydrogen) atoms. The Morgan fingerprint density at radius 3 is 2.29 bits per heavy atom. The molecular weight excluding hydrogens is 329 g/mol. The van der Waals surface area contributed by atoms with Crippen LogP contribution in [0.4, 0.5) is 4.39 Å². The van der Waals surface area contributed by atoms with E-state index >= 15 is 0 Å². The monoisotopic (exact) mass is 347 g/mol. The van der Waals surface area contributed by atoms with E-state index < -0.39 is 20.9 Å². The van der Waals surface area contributed by atoms with Crippen LogP contribution in [0.5, 0.6) is 0 Å². The fraction of sp³-hybridized carbons (Fsp3) is 0.278. The molecule has 1 aliphatic heterocycles. The standard InChI is InChI=1S/C18H18FNO3S/c1-12-3-8-17(13(2)9-12)18(21)20-10-16(11-20)24(22,23)15-6-4-14(19)5-7-15/h3-9,16H,10-11H2,1-2H3. The van der Waals surface area contributed by atoms with E-state index in [2.05, 4.69) is 0 Å². The molecule has 0 aliphatic carbocycles. The lowest BCUT2D eigenvalue weighted by molar-refractivity contribution is 0.0658. The molecule has 2 aromatic rings. The van der Waals surface area contributed by atoms with Gasteiger partial charge < -0.3 is 4.90 Å². The first-order valence-corrected chi connectivity index (χ1v) is 9.19. The predicted octanol–water partition coefficient (Wildman–Crippen LogP) is 2.74. The number of sulfone groups is 1. The Balaban J connectivity index is 1.72. The van der Waals surface area contributed by atoms with E-state index in [1.165, 1.54) is 17.0 Å². The highest BCUT2D eigenvalue weighted by atomic mass is 32.2. The van der Waals surface area contributed by atoms with Crippen LogP contribution in [0.1, 0.15) is 21.5 Å². The van der Waals surface area contributed by atoms with E-state index in [1.807, 2.05) is 26.0 Å². The van der Waals surface area contributed by atoms with Gasteiger partial charge in [0.1, 0.15) is 11.1 Å². The number of nitrogens with zero attached hydrogens (tertiary/aromatic N) is 1. The number of carbonyl (C=O) groups is 1. The molecule has 126 valence electrons. The highest BCUT2D eigenvalue weighted by Crippen LogP contribution is 2.26. The first-order chi connectivity index (χ1) is 11.3. The normalized spacial score (nSPS) is 15.2. The van der Waals surface area contributed by atoms with Crippen LogP contribution in [0.3, 0.4) is 0 Å². The van der Waals surface area contributed by atoms with E-state index in [4.69, 9.17) is 0 Å². The second-order valence-electron chi connectivity index (χ2n) is 6.15. The number of halogens is 1. The molecule has 0 spiro atoms. The van der Waals surface area contributed by atoms with Gasteiger partial charge >= 0.3 is 0 Å².